The molecule has 0 bridgehead atoms. The molecule has 1 heterocycles. The van der Waals surface area contributed by atoms with Crippen LogP contribution in [-0.2, 0) is 9.53 Å². The number of amides is 1. The lowest BCUT2D eigenvalue weighted by Gasteiger charge is -2.35. The molecule has 134 valence electrons. The van der Waals surface area contributed by atoms with Crippen LogP contribution in [0.15, 0.2) is 18.2 Å². The SMILES string of the molecule is COCC1(C(=O)NCCCOc2ccc(Cl)cc2C)CCNCC1. The summed E-state index contributed by atoms with van der Waals surface area (Å²) in [6.45, 7) is 5.31. The van der Waals surface area contributed by atoms with Crippen molar-refractivity contribution in [1.82, 2.24) is 10.6 Å². The van der Waals surface area contributed by atoms with E-state index in [-0.39, 0.29) is 5.91 Å². The molecule has 0 atom stereocenters. The van der Waals surface area contributed by atoms with Crippen molar-refractivity contribution in [1.29, 1.82) is 0 Å². The third kappa shape index (κ3) is 5.10. The molecule has 0 aromatic heterocycles. The lowest BCUT2D eigenvalue weighted by atomic mass is 9.78. The Morgan fingerprint density at radius 3 is 2.79 bits per heavy atom. The van der Waals surface area contributed by atoms with E-state index in [1.807, 2.05) is 25.1 Å². The lowest BCUT2D eigenvalue weighted by molar-refractivity contribution is -0.136. The van der Waals surface area contributed by atoms with Crippen molar-refractivity contribution in [3.05, 3.63) is 28.8 Å². The van der Waals surface area contributed by atoms with Crippen LogP contribution in [0.3, 0.4) is 0 Å². The quantitative estimate of drug-likeness (QED) is 0.704. The fraction of sp³-hybridized carbons (Fsp3) is 0.611. The Bertz CT molecular complexity index is 540. The van der Waals surface area contributed by atoms with Crippen molar-refractivity contribution >= 4 is 17.5 Å². The van der Waals surface area contributed by atoms with E-state index in [4.69, 9.17) is 21.1 Å². The molecule has 0 unspecified atom stereocenters. The smallest absolute Gasteiger partial charge is 0.228 e. The van der Waals surface area contributed by atoms with Gasteiger partial charge in [0.05, 0.1) is 18.6 Å². The Balaban J connectivity index is 1.73. The van der Waals surface area contributed by atoms with E-state index in [9.17, 15) is 4.79 Å². The van der Waals surface area contributed by atoms with Gasteiger partial charge in [-0.05, 0) is 63.0 Å². The highest BCUT2D eigenvalue weighted by Crippen LogP contribution is 2.29. The van der Waals surface area contributed by atoms with Crippen molar-refractivity contribution in [2.24, 2.45) is 5.41 Å². The highest BCUT2D eigenvalue weighted by Gasteiger charge is 2.39. The van der Waals surface area contributed by atoms with Gasteiger partial charge < -0.3 is 20.1 Å². The number of aryl methyl sites for hydroxylation is 1. The predicted molar refractivity (Wildman–Crippen MR) is 95.7 cm³/mol. The Morgan fingerprint density at radius 2 is 2.12 bits per heavy atom. The number of rotatable bonds is 8. The maximum atomic E-state index is 12.6. The van der Waals surface area contributed by atoms with Crippen LogP contribution >= 0.6 is 11.6 Å². The Hall–Kier alpha value is -1.30. The van der Waals surface area contributed by atoms with E-state index in [1.165, 1.54) is 0 Å². The standard InChI is InChI=1S/C18H27ClN2O3/c1-14-12-15(19)4-5-16(14)24-11-3-8-21-17(22)18(13-23-2)6-9-20-10-7-18/h4-5,12,20H,3,6-11,13H2,1-2H3,(H,21,22). The van der Waals surface area contributed by atoms with E-state index in [0.717, 1.165) is 43.7 Å². The summed E-state index contributed by atoms with van der Waals surface area (Å²) in [5, 5.41) is 7.04. The number of carbonyl (C=O) groups excluding carboxylic acids is 1. The molecule has 1 amide bonds. The fourth-order valence-electron chi connectivity index (χ4n) is 3.04. The lowest BCUT2D eigenvalue weighted by Crippen LogP contribution is -2.50. The summed E-state index contributed by atoms with van der Waals surface area (Å²) in [5.74, 6) is 0.924. The molecule has 1 aromatic carbocycles. The zero-order valence-corrected chi connectivity index (χ0v) is 15.2. The average Bonchev–Trinajstić information content (AvgIpc) is 2.57. The van der Waals surface area contributed by atoms with Crippen LogP contribution in [0.2, 0.25) is 5.02 Å². The number of halogens is 1. The van der Waals surface area contributed by atoms with Crippen LogP contribution in [0.4, 0.5) is 0 Å². The van der Waals surface area contributed by atoms with Crippen molar-refractivity contribution < 1.29 is 14.3 Å². The molecule has 5 nitrogen and oxygen atoms in total. The van der Waals surface area contributed by atoms with Crippen molar-refractivity contribution in [2.75, 3.05) is 40.0 Å². The predicted octanol–water partition coefficient (Wildman–Crippen LogP) is 2.55. The molecule has 0 spiro atoms. The molecule has 1 aromatic rings. The molecule has 1 fully saturated rings. The highest BCUT2D eigenvalue weighted by atomic mass is 35.5. The molecule has 24 heavy (non-hydrogen) atoms. The second-order valence-electron chi connectivity index (χ2n) is 6.33. The number of nitrogens with one attached hydrogen (secondary N) is 2. The molecule has 0 saturated carbocycles. The van der Waals surface area contributed by atoms with E-state index in [2.05, 4.69) is 10.6 Å². The van der Waals surface area contributed by atoms with Gasteiger partial charge >= 0.3 is 0 Å². The third-order valence-electron chi connectivity index (χ3n) is 4.46. The average molecular weight is 355 g/mol. The third-order valence-corrected chi connectivity index (χ3v) is 4.70. The number of ether oxygens (including phenoxy) is 2. The first-order valence-electron chi connectivity index (χ1n) is 8.44. The van der Waals surface area contributed by atoms with Gasteiger partial charge in [-0.15, -0.1) is 0 Å². The van der Waals surface area contributed by atoms with Crippen LogP contribution in [0, 0.1) is 12.3 Å². The van der Waals surface area contributed by atoms with Crippen molar-refractivity contribution in [3.8, 4) is 5.75 Å². The summed E-state index contributed by atoms with van der Waals surface area (Å²) in [6.07, 6.45) is 2.38. The number of benzene rings is 1. The highest BCUT2D eigenvalue weighted by molar-refractivity contribution is 6.30. The van der Waals surface area contributed by atoms with Crippen molar-refractivity contribution in [3.63, 3.8) is 0 Å². The van der Waals surface area contributed by atoms with Crippen LogP contribution in [0.1, 0.15) is 24.8 Å². The number of hydrogen-bond donors (Lipinski definition) is 2. The van der Waals surface area contributed by atoms with Crippen LogP contribution < -0.4 is 15.4 Å². The zero-order chi connectivity index (χ0) is 17.4. The Labute approximate surface area is 149 Å². The molecule has 2 rings (SSSR count). The van der Waals surface area contributed by atoms with Gasteiger partial charge in [0, 0.05) is 18.7 Å². The molecule has 0 aliphatic carbocycles. The zero-order valence-electron chi connectivity index (χ0n) is 14.5. The normalized spacial score (nSPS) is 16.6. The fourth-order valence-corrected chi connectivity index (χ4v) is 3.26. The van der Waals surface area contributed by atoms with Gasteiger partial charge in [-0.2, -0.15) is 0 Å². The van der Waals surface area contributed by atoms with E-state index in [1.54, 1.807) is 7.11 Å². The minimum Gasteiger partial charge on any atom is -0.493 e. The van der Waals surface area contributed by atoms with Crippen LogP contribution in [-0.4, -0.2) is 45.9 Å². The summed E-state index contributed by atoms with van der Waals surface area (Å²) < 4.78 is 11.0. The van der Waals surface area contributed by atoms with E-state index < -0.39 is 5.41 Å². The summed E-state index contributed by atoms with van der Waals surface area (Å²) in [6, 6.07) is 5.57. The molecule has 0 radical (unpaired) electrons. The summed E-state index contributed by atoms with van der Waals surface area (Å²) in [4.78, 5) is 12.6. The molecular formula is C18H27ClN2O3. The number of methoxy groups -OCH3 is 1. The Kier molecular flexibility index (Phi) is 7.34. The maximum Gasteiger partial charge on any atom is 0.228 e. The molecule has 1 saturated heterocycles. The first-order valence-corrected chi connectivity index (χ1v) is 8.82. The van der Waals surface area contributed by atoms with Gasteiger partial charge in [0.15, 0.2) is 0 Å². The number of hydrogen-bond acceptors (Lipinski definition) is 4. The molecule has 6 heteroatoms. The van der Waals surface area contributed by atoms with Crippen LogP contribution in [0.25, 0.3) is 0 Å². The number of piperidine rings is 1. The van der Waals surface area contributed by atoms with Gasteiger partial charge in [0.25, 0.3) is 0 Å². The number of carbonyl (C=O) groups is 1. The topological polar surface area (TPSA) is 59.6 Å². The monoisotopic (exact) mass is 354 g/mol. The molecule has 2 N–H and O–H groups in total. The van der Waals surface area contributed by atoms with Crippen LogP contribution in [0.5, 0.6) is 5.75 Å². The van der Waals surface area contributed by atoms with E-state index >= 15 is 0 Å². The van der Waals surface area contributed by atoms with Gasteiger partial charge in [-0.1, -0.05) is 11.6 Å². The minimum absolute atomic E-state index is 0.0912. The van der Waals surface area contributed by atoms with Gasteiger partial charge in [-0.25, -0.2) is 0 Å². The largest absolute Gasteiger partial charge is 0.493 e. The molecule has 1 aliphatic heterocycles. The first-order chi connectivity index (χ1) is 11.6. The summed E-state index contributed by atoms with van der Waals surface area (Å²) in [7, 11) is 1.65. The van der Waals surface area contributed by atoms with Gasteiger partial charge in [0.2, 0.25) is 5.91 Å². The first kappa shape index (κ1) is 19.0. The molecule has 1 aliphatic rings. The van der Waals surface area contributed by atoms with Crippen molar-refractivity contribution in [2.45, 2.75) is 26.2 Å². The van der Waals surface area contributed by atoms with Gasteiger partial charge in [0.1, 0.15) is 5.75 Å². The minimum atomic E-state index is -0.395. The maximum absolute atomic E-state index is 12.6. The van der Waals surface area contributed by atoms with E-state index in [0.29, 0.717) is 24.8 Å². The Morgan fingerprint density at radius 1 is 1.38 bits per heavy atom. The second kappa shape index (κ2) is 9.25. The summed E-state index contributed by atoms with van der Waals surface area (Å²) in [5.41, 5.74) is 0.619. The molecular weight excluding hydrogens is 328 g/mol. The van der Waals surface area contributed by atoms with Gasteiger partial charge in [-0.3, -0.25) is 4.79 Å². The second-order valence-corrected chi connectivity index (χ2v) is 6.77. The summed E-state index contributed by atoms with van der Waals surface area (Å²) >= 11 is 5.93.